The van der Waals surface area contributed by atoms with Crippen LogP contribution in [0, 0.1) is 0 Å². The SMILES string of the molecule is O=C(O)S1(C(=O)O)N=CC=N1. The Bertz CT molecular complexity index is 243. The van der Waals surface area contributed by atoms with Crippen molar-refractivity contribution in [3.63, 3.8) is 0 Å². The van der Waals surface area contributed by atoms with Crippen molar-refractivity contribution in [1.82, 2.24) is 0 Å². The van der Waals surface area contributed by atoms with Crippen molar-refractivity contribution in [3.8, 4) is 0 Å². The molecule has 7 heteroatoms. The molecule has 11 heavy (non-hydrogen) atoms. The fourth-order valence-corrected chi connectivity index (χ4v) is 1.54. The van der Waals surface area contributed by atoms with Crippen molar-refractivity contribution >= 4 is 33.4 Å². The van der Waals surface area contributed by atoms with Gasteiger partial charge in [0.1, 0.15) is 0 Å². The summed E-state index contributed by atoms with van der Waals surface area (Å²) < 4.78 is 6.61. The monoisotopic (exact) mass is 176 g/mol. The van der Waals surface area contributed by atoms with Crippen molar-refractivity contribution < 1.29 is 19.8 Å². The Kier molecular flexibility index (Phi) is 1.65. The minimum absolute atomic E-state index is 1.08. The standard InChI is InChI=1S/C4H4N2O4S/c7-3(8)11(4(9)10)5-1-2-6-11/h1-2H,(H,7,8)(H,9,10). The van der Waals surface area contributed by atoms with E-state index in [-0.39, 0.29) is 0 Å². The normalized spacial score (nSPS) is 21.5. The molecule has 0 aromatic heterocycles. The predicted octanol–water partition coefficient (Wildman–Crippen LogP) is 1.13. The molecular formula is C4H4N2O4S. The summed E-state index contributed by atoms with van der Waals surface area (Å²) in [6.45, 7) is 0. The first-order valence-corrected chi connectivity index (χ1v) is 4.03. The van der Waals surface area contributed by atoms with E-state index in [0.717, 1.165) is 12.4 Å². The summed E-state index contributed by atoms with van der Waals surface area (Å²) in [5.41, 5.74) is 0. The van der Waals surface area contributed by atoms with Gasteiger partial charge in [0.2, 0.25) is 0 Å². The van der Waals surface area contributed by atoms with Gasteiger partial charge in [-0.1, -0.05) is 0 Å². The maximum Gasteiger partial charge on any atom is 0.396 e. The first-order valence-electron chi connectivity index (χ1n) is 2.48. The fraction of sp³-hybridized carbons (Fsp3) is 0. The molecule has 6 nitrogen and oxygen atoms in total. The lowest BCUT2D eigenvalue weighted by Gasteiger charge is -2.15. The van der Waals surface area contributed by atoms with Gasteiger partial charge < -0.3 is 10.2 Å². The molecule has 60 valence electrons. The summed E-state index contributed by atoms with van der Waals surface area (Å²) in [4.78, 5) is 20.8. The third-order valence-electron chi connectivity index (χ3n) is 0.980. The molecule has 0 aliphatic carbocycles. The zero-order valence-corrected chi connectivity index (χ0v) is 5.98. The molecule has 1 rings (SSSR count). The second kappa shape index (κ2) is 2.35. The minimum atomic E-state index is -3.22. The maximum atomic E-state index is 10.4. The molecule has 0 fully saturated rings. The molecule has 0 aromatic carbocycles. The van der Waals surface area contributed by atoms with Gasteiger partial charge in [-0.2, -0.15) is 0 Å². The van der Waals surface area contributed by atoms with Crippen LogP contribution in [-0.4, -0.2) is 33.2 Å². The molecule has 0 unspecified atom stereocenters. The summed E-state index contributed by atoms with van der Waals surface area (Å²) >= 11 is 0. The number of carbonyl (C=O) groups is 2. The fourth-order valence-electron chi connectivity index (χ4n) is 0.513. The van der Waals surface area contributed by atoms with Gasteiger partial charge in [0.05, 0.1) is 12.4 Å². The van der Waals surface area contributed by atoms with Gasteiger partial charge in [-0.25, -0.2) is 18.4 Å². The summed E-state index contributed by atoms with van der Waals surface area (Å²) in [7, 11) is -3.22. The van der Waals surface area contributed by atoms with Crippen molar-refractivity contribution in [2.45, 2.75) is 0 Å². The topological polar surface area (TPSA) is 99.3 Å². The molecule has 0 spiro atoms. The Balaban J connectivity index is 3.09. The first-order chi connectivity index (χ1) is 5.09. The highest BCUT2D eigenvalue weighted by Crippen LogP contribution is 2.53. The van der Waals surface area contributed by atoms with Crippen LogP contribution in [0.2, 0.25) is 0 Å². The van der Waals surface area contributed by atoms with Gasteiger partial charge in [-0.3, -0.25) is 0 Å². The Hall–Kier alpha value is -1.37. The van der Waals surface area contributed by atoms with Crippen molar-refractivity contribution in [2.24, 2.45) is 8.80 Å². The first kappa shape index (κ1) is 7.73. The molecule has 2 N–H and O–H groups in total. The predicted molar refractivity (Wildman–Crippen MR) is 40.6 cm³/mol. The quantitative estimate of drug-likeness (QED) is 0.577. The molecule has 0 atom stereocenters. The van der Waals surface area contributed by atoms with Crippen LogP contribution < -0.4 is 0 Å². The zero-order valence-electron chi connectivity index (χ0n) is 5.17. The van der Waals surface area contributed by atoms with E-state index in [1.807, 2.05) is 0 Å². The van der Waals surface area contributed by atoms with E-state index in [2.05, 4.69) is 8.80 Å². The highest BCUT2D eigenvalue weighted by molar-refractivity contribution is 8.53. The molecule has 1 aliphatic rings. The second-order valence-electron chi connectivity index (χ2n) is 1.59. The summed E-state index contributed by atoms with van der Waals surface area (Å²) in [5.74, 6) is 0. The highest BCUT2D eigenvalue weighted by Gasteiger charge is 2.41. The lowest BCUT2D eigenvalue weighted by molar-refractivity contribution is 0.215. The molecular weight excluding hydrogens is 172 g/mol. The average Bonchev–Trinajstić information content (AvgIpc) is 2.34. The van der Waals surface area contributed by atoms with E-state index < -0.39 is 21.0 Å². The van der Waals surface area contributed by atoms with E-state index >= 15 is 0 Å². The summed E-state index contributed by atoms with van der Waals surface area (Å²) in [6, 6.07) is 0. The van der Waals surface area contributed by atoms with Crippen LogP contribution in [0.5, 0.6) is 0 Å². The van der Waals surface area contributed by atoms with E-state index in [1.165, 1.54) is 0 Å². The van der Waals surface area contributed by atoms with Crippen LogP contribution in [0.15, 0.2) is 8.80 Å². The van der Waals surface area contributed by atoms with Gasteiger partial charge in [0.25, 0.3) is 0 Å². The smallest absolute Gasteiger partial charge is 0.396 e. The summed E-state index contributed by atoms with van der Waals surface area (Å²) in [6.07, 6.45) is 2.16. The molecule has 1 heterocycles. The van der Waals surface area contributed by atoms with Crippen LogP contribution in [0.3, 0.4) is 0 Å². The van der Waals surface area contributed by atoms with Crippen LogP contribution in [-0.2, 0) is 0 Å². The molecule has 0 saturated heterocycles. The van der Waals surface area contributed by atoms with E-state index in [9.17, 15) is 9.59 Å². The number of nitrogens with zero attached hydrogens (tertiary/aromatic N) is 2. The molecule has 0 aromatic rings. The average molecular weight is 176 g/mol. The van der Waals surface area contributed by atoms with Gasteiger partial charge in [-0.15, -0.1) is 0 Å². The lowest BCUT2D eigenvalue weighted by Crippen LogP contribution is -2.11. The van der Waals surface area contributed by atoms with E-state index in [1.54, 1.807) is 0 Å². The molecule has 0 radical (unpaired) electrons. The Morgan fingerprint density at radius 1 is 1.09 bits per heavy atom. The summed E-state index contributed by atoms with van der Waals surface area (Å²) in [5, 5.41) is 13.9. The third kappa shape index (κ3) is 0.984. The van der Waals surface area contributed by atoms with Crippen LogP contribution in [0.4, 0.5) is 9.59 Å². The van der Waals surface area contributed by atoms with Crippen molar-refractivity contribution in [3.05, 3.63) is 0 Å². The number of hydrogen-bond donors (Lipinski definition) is 2. The largest absolute Gasteiger partial charge is 0.471 e. The Labute approximate surface area is 62.9 Å². The van der Waals surface area contributed by atoms with E-state index in [4.69, 9.17) is 10.2 Å². The minimum Gasteiger partial charge on any atom is -0.471 e. The van der Waals surface area contributed by atoms with Gasteiger partial charge in [0.15, 0.2) is 10.4 Å². The van der Waals surface area contributed by atoms with Crippen LogP contribution in [0.1, 0.15) is 0 Å². The van der Waals surface area contributed by atoms with Crippen molar-refractivity contribution in [1.29, 1.82) is 0 Å². The lowest BCUT2D eigenvalue weighted by atomic mass is 10.9. The van der Waals surface area contributed by atoms with Gasteiger partial charge in [0, 0.05) is 0 Å². The van der Waals surface area contributed by atoms with Crippen LogP contribution in [0.25, 0.3) is 0 Å². The second-order valence-corrected chi connectivity index (χ2v) is 3.81. The van der Waals surface area contributed by atoms with Gasteiger partial charge >= 0.3 is 10.6 Å². The number of hydrogen-bond acceptors (Lipinski definition) is 4. The van der Waals surface area contributed by atoms with E-state index in [0.29, 0.717) is 0 Å². The zero-order chi connectivity index (χ0) is 8.48. The van der Waals surface area contributed by atoms with Crippen molar-refractivity contribution in [2.75, 3.05) is 0 Å². The third-order valence-corrected chi connectivity index (χ3v) is 2.81. The van der Waals surface area contributed by atoms with Gasteiger partial charge in [-0.05, 0) is 0 Å². The van der Waals surface area contributed by atoms with Crippen LogP contribution >= 0.6 is 10.4 Å². The molecule has 0 amide bonds. The molecule has 0 bridgehead atoms. The molecule has 0 saturated carbocycles. The Morgan fingerprint density at radius 2 is 1.45 bits per heavy atom. The maximum absolute atomic E-state index is 10.4. The molecule has 1 aliphatic heterocycles. The number of carboxylic acid groups (broad SMARTS) is 2. The number of rotatable bonds is 0. The highest BCUT2D eigenvalue weighted by atomic mass is 32.3. The Morgan fingerprint density at radius 3 is 1.64 bits per heavy atom.